The quantitative estimate of drug-likeness (QED) is 0.910. The maximum Gasteiger partial charge on any atom is 0.261 e. The summed E-state index contributed by atoms with van der Waals surface area (Å²) in [5, 5.41) is 6.87. The molecule has 1 aromatic heterocycles. The number of carbonyl (C=O) groups excluding carboxylic acids is 1. The number of ether oxygens (including phenoxy) is 1. The molecule has 0 bridgehead atoms. The van der Waals surface area contributed by atoms with Crippen LogP contribution < -0.4 is 10.1 Å². The largest absolute Gasteiger partial charge is 0.481 e. The number of nitrogens with zero attached hydrogens (tertiary/aromatic N) is 2. The van der Waals surface area contributed by atoms with Crippen molar-refractivity contribution >= 4 is 21.8 Å². The van der Waals surface area contributed by atoms with Crippen molar-refractivity contribution in [2.24, 2.45) is 7.05 Å². The smallest absolute Gasteiger partial charge is 0.261 e. The number of benzene rings is 1. The van der Waals surface area contributed by atoms with Gasteiger partial charge < -0.3 is 10.1 Å². The molecule has 1 heterocycles. The van der Waals surface area contributed by atoms with Crippen molar-refractivity contribution in [3.05, 3.63) is 46.7 Å². The van der Waals surface area contributed by atoms with E-state index >= 15 is 0 Å². The van der Waals surface area contributed by atoms with Crippen molar-refractivity contribution in [3.8, 4) is 5.75 Å². The van der Waals surface area contributed by atoms with Gasteiger partial charge in [0.1, 0.15) is 5.75 Å². The van der Waals surface area contributed by atoms with Gasteiger partial charge in [-0.05, 0) is 31.2 Å². The highest BCUT2D eigenvalue weighted by atomic mass is 79.9. The Hall–Kier alpha value is -1.82. The van der Waals surface area contributed by atoms with Crippen LogP contribution in [-0.4, -0.2) is 21.8 Å². The average molecular weight is 338 g/mol. The van der Waals surface area contributed by atoms with Gasteiger partial charge in [0, 0.05) is 17.7 Å². The standard InChI is InChI=1S/C14H16BrN3O2/c1-10(20-13-5-3-4-11(15)8-13)14(19)16-9-12-6-7-17-18(12)2/h3-8,10H,9H2,1-2H3,(H,16,19)/t10-/m1/s1. The predicted molar refractivity (Wildman–Crippen MR) is 79.3 cm³/mol. The molecule has 0 aliphatic carbocycles. The fourth-order valence-electron chi connectivity index (χ4n) is 1.69. The number of halogens is 1. The van der Waals surface area contributed by atoms with E-state index in [0.29, 0.717) is 12.3 Å². The number of hydrogen-bond acceptors (Lipinski definition) is 3. The second-order valence-corrected chi connectivity index (χ2v) is 5.30. The molecular formula is C14H16BrN3O2. The predicted octanol–water partition coefficient (Wildman–Crippen LogP) is 2.27. The maximum absolute atomic E-state index is 12.0. The van der Waals surface area contributed by atoms with Crippen LogP contribution in [0.2, 0.25) is 0 Å². The van der Waals surface area contributed by atoms with E-state index in [1.807, 2.05) is 37.4 Å². The van der Waals surface area contributed by atoms with Gasteiger partial charge in [0.05, 0.1) is 12.2 Å². The van der Waals surface area contributed by atoms with Crippen LogP contribution in [-0.2, 0) is 18.4 Å². The fourth-order valence-corrected chi connectivity index (χ4v) is 2.07. The van der Waals surface area contributed by atoms with Gasteiger partial charge in [0.15, 0.2) is 6.10 Å². The SMILES string of the molecule is C[C@@H](Oc1cccc(Br)c1)C(=O)NCc1ccnn1C. The lowest BCUT2D eigenvalue weighted by atomic mass is 10.3. The monoisotopic (exact) mass is 337 g/mol. The van der Waals surface area contributed by atoms with Crippen molar-refractivity contribution in [3.63, 3.8) is 0 Å². The Kier molecular flexibility index (Phi) is 4.79. The van der Waals surface area contributed by atoms with E-state index in [2.05, 4.69) is 26.3 Å². The van der Waals surface area contributed by atoms with Crippen LogP contribution in [0.25, 0.3) is 0 Å². The molecule has 1 atom stereocenters. The van der Waals surface area contributed by atoms with Crippen LogP contribution >= 0.6 is 15.9 Å². The summed E-state index contributed by atoms with van der Waals surface area (Å²) in [6, 6.07) is 9.26. The summed E-state index contributed by atoms with van der Waals surface area (Å²) in [7, 11) is 1.84. The van der Waals surface area contributed by atoms with E-state index in [0.717, 1.165) is 10.2 Å². The Balaban J connectivity index is 1.87. The molecule has 0 saturated carbocycles. The van der Waals surface area contributed by atoms with Crippen molar-refractivity contribution in [2.75, 3.05) is 0 Å². The van der Waals surface area contributed by atoms with E-state index in [9.17, 15) is 4.79 Å². The summed E-state index contributed by atoms with van der Waals surface area (Å²) in [4.78, 5) is 12.0. The number of aryl methyl sites for hydroxylation is 1. The fraction of sp³-hybridized carbons (Fsp3) is 0.286. The minimum Gasteiger partial charge on any atom is -0.481 e. The summed E-state index contributed by atoms with van der Waals surface area (Å²) >= 11 is 3.36. The molecule has 20 heavy (non-hydrogen) atoms. The molecular weight excluding hydrogens is 322 g/mol. The van der Waals surface area contributed by atoms with Crippen molar-refractivity contribution < 1.29 is 9.53 Å². The molecule has 6 heteroatoms. The lowest BCUT2D eigenvalue weighted by Gasteiger charge is -2.15. The number of aromatic nitrogens is 2. The van der Waals surface area contributed by atoms with Crippen molar-refractivity contribution in [1.29, 1.82) is 0 Å². The topological polar surface area (TPSA) is 56.1 Å². The summed E-state index contributed by atoms with van der Waals surface area (Å²) in [6.07, 6.45) is 1.14. The molecule has 1 amide bonds. The van der Waals surface area contributed by atoms with Gasteiger partial charge in [-0.1, -0.05) is 22.0 Å². The van der Waals surface area contributed by atoms with Gasteiger partial charge in [-0.25, -0.2) is 0 Å². The molecule has 0 fully saturated rings. The number of hydrogen-bond donors (Lipinski definition) is 1. The second-order valence-electron chi connectivity index (χ2n) is 4.38. The minimum absolute atomic E-state index is 0.161. The molecule has 1 N–H and O–H groups in total. The van der Waals surface area contributed by atoms with E-state index in [-0.39, 0.29) is 5.91 Å². The highest BCUT2D eigenvalue weighted by Crippen LogP contribution is 2.18. The third kappa shape index (κ3) is 3.84. The van der Waals surface area contributed by atoms with Crippen molar-refractivity contribution in [2.45, 2.75) is 19.6 Å². The Labute approximate surface area is 126 Å². The van der Waals surface area contributed by atoms with E-state index in [1.165, 1.54) is 0 Å². The molecule has 0 spiro atoms. The molecule has 0 saturated heterocycles. The first-order valence-electron chi connectivity index (χ1n) is 6.23. The zero-order valence-corrected chi connectivity index (χ0v) is 12.9. The van der Waals surface area contributed by atoms with Crippen LogP contribution in [0.1, 0.15) is 12.6 Å². The van der Waals surface area contributed by atoms with Crippen LogP contribution in [0, 0.1) is 0 Å². The second kappa shape index (κ2) is 6.56. The van der Waals surface area contributed by atoms with E-state index in [1.54, 1.807) is 17.8 Å². The van der Waals surface area contributed by atoms with Gasteiger partial charge in [0.2, 0.25) is 0 Å². The number of nitrogens with one attached hydrogen (secondary N) is 1. The maximum atomic E-state index is 12.0. The van der Waals surface area contributed by atoms with Gasteiger partial charge in [-0.15, -0.1) is 0 Å². The molecule has 5 nitrogen and oxygen atoms in total. The molecule has 2 rings (SSSR count). The number of carbonyl (C=O) groups is 1. The van der Waals surface area contributed by atoms with Crippen molar-refractivity contribution in [1.82, 2.24) is 15.1 Å². The summed E-state index contributed by atoms with van der Waals surface area (Å²) in [5.74, 6) is 0.494. The minimum atomic E-state index is -0.558. The Bertz CT molecular complexity index is 598. The number of amides is 1. The first-order valence-corrected chi connectivity index (χ1v) is 7.02. The van der Waals surface area contributed by atoms with Crippen LogP contribution in [0.3, 0.4) is 0 Å². The van der Waals surface area contributed by atoms with Gasteiger partial charge in [0.25, 0.3) is 5.91 Å². The summed E-state index contributed by atoms with van der Waals surface area (Å²) in [6.45, 7) is 2.15. The zero-order chi connectivity index (χ0) is 14.5. The first-order chi connectivity index (χ1) is 9.56. The Morgan fingerprint density at radius 2 is 2.30 bits per heavy atom. The lowest BCUT2D eigenvalue weighted by molar-refractivity contribution is -0.127. The Morgan fingerprint density at radius 1 is 1.50 bits per heavy atom. The molecule has 106 valence electrons. The van der Waals surface area contributed by atoms with Gasteiger partial charge in [-0.2, -0.15) is 5.10 Å². The third-order valence-corrected chi connectivity index (χ3v) is 3.34. The molecule has 0 radical (unpaired) electrons. The van der Waals surface area contributed by atoms with Gasteiger partial charge >= 0.3 is 0 Å². The summed E-state index contributed by atoms with van der Waals surface area (Å²) in [5.41, 5.74) is 0.938. The van der Waals surface area contributed by atoms with Crippen LogP contribution in [0.4, 0.5) is 0 Å². The highest BCUT2D eigenvalue weighted by Gasteiger charge is 2.14. The van der Waals surface area contributed by atoms with Gasteiger partial charge in [-0.3, -0.25) is 9.48 Å². The van der Waals surface area contributed by atoms with Crippen LogP contribution in [0.5, 0.6) is 5.75 Å². The van der Waals surface area contributed by atoms with Crippen LogP contribution in [0.15, 0.2) is 41.0 Å². The highest BCUT2D eigenvalue weighted by molar-refractivity contribution is 9.10. The normalized spacial score (nSPS) is 11.9. The molecule has 1 aromatic carbocycles. The van der Waals surface area contributed by atoms with E-state index in [4.69, 9.17) is 4.74 Å². The number of rotatable bonds is 5. The molecule has 0 aliphatic rings. The average Bonchev–Trinajstić information content (AvgIpc) is 2.81. The molecule has 0 aliphatic heterocycles. The first kappa shape index (κ1) is 14.6. The zero-order valence-electron chi connectivity index (χ0n) is 11.3. The Morgan fingerprint density at radius 3 is 2.95 bits per heavy atom. The molecule has 0 unspecified atom stereocenters. The molecule has 2 aromatic rings. The van der Waals surface area contributed by atoms with E-state index < -0.39 is 6.10 Å². The third-order valence-electron chi connectivity index (χ3n) is 2.84. The lowest BCUT2D eigenvalue weighted by Crippen LogP contribution is -2.36. The summed E-state index contributed by atoms with van der Waals surface area (Å²) < 4.78 is 8.23.